The Kier molecular flexibility index (Phi) is 4.66. The molecule has 0 aliphatic carbocycles. The molecule has 2 N–H and O–H groups in total. The van der Waals surface area contributed by atoms with Crippen molar-refractivity contribution in [3.63, 3.8) is 0 Å². The molecule has 3 rings (SSSR count). The zero-order valence-corrected chi connectivity index (χ0v) is 14.9. The quantitative estimate of drug-likeness (QED) is 0.726. The number of rotatable bonds is 5. The van der Waals surface area contributed by atoms with Crippen LogP contribution in [0, 0.1) is 6.92 Å². The second-order valence-electron chi connectivity index (χ2n) is 5.75. The Morgan fingerprint density at radius 2 is 2.08 bits per heavy atom. The normalized spacial score (nSPS) is 12.0. The van der Waals surface area contributed by atoms with E-state index in [2.05, 4.69) is 15.3 Å². The fourth-order valence-corrected chi connectivity index (χ4v) is 2.85. The first-order valence-corrected chi connectivity index (χ1v) is 7.95. The number of carbonyl (C=O) groups is 1. The Labute approximate surface area is 149 Å². The van der Waals surface area contributed by atoms with Gasteiger partial charge in [-0.05, 0) is 32.0 Å². The van der Waals surface area contributed by atoms with Gasteiger partial charge < -0.3 is 24.2 Å². The van der Waals surface area contributed by atoms with Gasteiger partial charge in [0.1, 0.15) is 22.6 Å². The van der Waals surface area contributed by atoms with E-state index >= 15 is 0 Å². The first kappa shape index (κ1) is 17.5. The Bertz CT molecular complexity index is 1020. The van der Waals surface area contributed by atoms with Gasteiger partial charge in [0.05, 0.1) is 32.2 Å². The summed E-state index contributed by atoms with van der Waals surface area (Å²) in [5.74, 6) is 1.16. The molecule has 1 unspecified atom stereocenters. The molecule has 2 aromatic heterocycles. The summed E-state index contributed by atoms with van der Waals surface area (Å²) in [6.07, 6.45) is 1.24. The number of methoxy groups -OCH3 is 2. The number of aromatic nitrogens is 2. The molecule has 136 valence electrons. The number of H-pyrrole nitrogens is 1. The maximum atomic E-state index is 12.8. The lowest BCUT2D eigenvalue weighted by molar-refractivity contribution is 0.0939. The number of nitrogens with one attached hydrogen (secondary N) is 2. The highest BCUT2D eigenvalue weighted by Crippen LogP contribution is 2.30. The van der Waals surface area contributed by atoms with E-state index < -0.39 is 17.5 Å². The number of fused-ring (bicyclic) bond motifs is 1. The van der Waals surface area contributed by atoms with Crippen LogP contribution in [0.2, 0.25) is 0 Å². The van der Waals surface area contributed by atoms with Crippen LogP contribution in [0.4, 0.5) is 0 Å². The van der Waals surface area contributed by atoms with Crippen LogP contribution in [0.25, 0.3) is 11.1 Å². The largest absolute Gasteiger partial charge is 0.497 e. The number of amides is 1. The predicted molar refractivity (Wildman–Crippen MR) is 94.8 cm³/mol. The van der Waals surface area contributed by atoms with Gasteiger partial charge in [-0.3, -0.25) is 9.59 Å². The van der Waals surface area contributed by atoms with Gasteiger partial charge in [-0.15, -0.1) is 0 Å². The lowest BCUT2D eigenvalue weighted by Crippen LogP contribution is -2.28. The predicted octanol–water partition coefficient (Wildman–Crippen LogP) is 2.33. The number of furan rings is 1. The minimum Gasteiger partial charge on any atom is -0.497 e. The summed E-state index contributed by atoms with van der Waals surface area (Å²) >= 11 is 0. The van der Waals surface area contributed by atoms with Crippen LogP contribution in [-0.4, -0.2) is 30.1 Å². The van der Waals surface area contributed by atoms with Crippen LogP contribution >= 0.6 is 0 Å². The maximum Gasteiger partial charge on any atom is 0.262 e. The van der Waals surface area contributed by atoms with Crippen LogP contribution in [0.15, 0.2) is 33.7 Å². The summed E-state index contributed by atoms with van der Waals surface area (Å²) in [4.78, 5) is 31.3. The van der Waals surface area contributed by atoms with Crippen LogP contribution in [0.5, 0.6) is 11.5 Å². The third-order valence-corrected chi connectivity index (χ3v) is 4.15. The molecule has 0 bridgehead atoms. The van der Waals surface area contributed by atoms with Gasteiger partial charge in [-0.25, -0.2) is 4.98 Å². The van der Waals surface area contributed by atoms with Crippen molar-refractivity contribution in [1.29, 1.82) is 0 Å². The van der Waals surface area contributed by atoms with Crippen molar-refractivity contribution >= 4 is 17.0 Å². The molecule has 0 aliphatic rings. The van der Waals surface area contributed by atoms with Crippen molar-refractivity contribution in [2.45, 2.75) is 19.9 Å². The summed E-state index contributed by atoms with van der Waals surface area (Å²) in [6, 6.07) is 4.94. The van der Waals surface area contributed by atoms with E-state index in [1.165, 1.54) is 6.33 Å². The van der Waals surface area contributed by atoms with E-state index in [1.54, 1.807) is 39.3 Å². The fourth-order valence-electron chi connectivity index (χ4n) is 2.85. The third-order valence-electron chi connectivity index (χ3n) is 4.15. The van der Waals surface area contributed by atoms with Crippen molar-refractivity contribution < 1.29 is 18.7 Å². The first-order valence-electron chi connectivity index (χ1n) is 7.95. The Morgan fingerprint density at radius 1 is 1.31 bits per heavy atom. The number of ether oxygens (including phenoxy) is 2. The fraction of sp³-hybridized carbons (Fsp3) is 0.278. The lowest BCUT2D eigenvalue weighted by Gasteiger charge is -2.18. The Hall–Kier alpha value is -3.29. The summed E-state index contributed by atoms with van der Waals surface area (Å²) in [5, 5.41) is 3.00. The molecule has 8 heteroatoms. The average Bonchev–Trinajstić information content (AvgIpc) is 2.98. The number of hydrogen-bond donors (Lipinski definition) is 2. The van der Waals surface area contributed by atoms with E-state index in [-0.39, 0.29) is 16.7 Å². The second-order valence-corrected chi connectivity index (χ2v) is 5.75. The lowest BCUT2D eigenvalue weighted by atomic mass is 10.1. The minimum absolute atomic E-state index is 0.128. The van der Waals surface area contributed by atoms with E-state index in [0.29, 0.717) is 17.3 Å². The average molecular weight is 357 g/mol. The molecule has 0 saturated heterocycles. The molecular formula is C18H19N3O5. The number of nitrogens with zero attached hydrogens (tertiary/aromatic N) is 1. The van der Waals surface area contributed by atoms with Crippen molar-refractivity contribution in [3.05, 3.63) is 51.8 Å². The van der Waals surface area contributed by atoms with E-state index in [1.807, 2.05) is 6.92 Å². The number of benzene rings is 1. The van der Waals surface area contributed by atoms with Gasteiger partial charge in [0, 0.05) is 5.56 Å². The van der Waals surface area contributed by atoms with E-state index in [9.17, 15) is 9.59 Å². The highest BCUT2D eigenvalue weighted by atomic mass is 16.5. The molecule has 1 atom stereocenters. The molecule has 1 amide bonds. The number of aryl methyl sites for hydroxylation is 1. The van der Waals surface area contributed by atoms with E-state index in [0.717, 1.165) is 5.56 Å². The van der Waals surface area contributed by atoms with Crippen LogP contribution in [-0.2, 0) is 0 Å². The zero-order valence-electron chi connectivity index (χ0n) is 14.9. The van der Waals surface area contributed by atoms with E-state index in [4.69, 9.17) is 13.9 Å². The zero-order chi connectivity index (χ0) is 18.8. The van der Waals surface area contributed by atoms with Crippen molar-refractivity contribution in [2.24, 2.45) is 0 Å². The van der Waals surface area contributed by atoms with Gasteiger partial charge in [-0.1, -0.05) is 0 Å². The first-order chi connectivity index (χ1) is 12.5. The number of aromatic amines is 1. The SMILES string of the molecule is COc1ccc(OC)c(C(C)NC(=O)c2c(C)oc3nc[nH]c(=O)c23)c1. The number of hydrogen-bond acceptors (Lipinski definition) is 6. The molecule has 0 spiro atoms. The summed E-state index contributed by atoms with van der Waals surface area (Å²) < 4.78 is 16.0. The molecule has 26 heavy (non-hydrogen) atoms. The van der Waals surface area contributed by atoms with Crippen LogP contribution in [0.1, 0.15) is 34.6 Å². The number of carbonyl (C=O) groups excluding carboxylic acids is 1. The maximum absolute atomic E-state index is 12.8. The molecule has 2 heterocycles. The monoisotopic (exact) mass is 357 g/mol. The molecular weight excluding hydrogens is 338 g/mol. The van der Waals surface area contributed by atoms with Gasteiger partial charge in [0.25, 0.3) is 11.5 Å². The summed E-state index contributed by atoms with van der Waals surface area (Å²) in [6.45, 7) is 3.43. The molecule has 0 saturated carbocycles. The Morgan fingerprint density at radius 3 is 2.77 bits per heavy atom. The Balaban J connectivity index is 1.96. The highest BCUT2D eigenvalue weighted by molar-refractivity contribution is 6.06. The summed E-state index contributed by atoms with van der Waals surface area (Å²) in [7, 11) is 3.12. The molecule has 0 aliphatic heterocycles. The van der Waals surface area contributed by atoms with Gasteiger partial charge >= 0.3 is 0 Å². The molecule has 0 fully saturated rings. The third kappa shape index (κ3) is 3.01. The summed E-state index contributed by atoms with van der Waals surface area (Å²) in [5.41, 5.74) is 0.618. The van der Waals surface area contributed by atoms with Crippen LogP contribution in [0.3, 0.4) is 0 Å². The second kappa shape index (κ2) is 6.91. The van der Waals surface area contributed by atoms with Crippen molar-refractivity contribution in [3.8, 4) is 11.5 Å². The minimum atomic E-state index is -0.433. The van der Waals surface area contributed by atoms with Crippen molar-refractivity contribution in [2.75, 3.05) is 14.2 Å². The standard InChI is InChI=1S/C18H19N3O5/c1-9(12-7-11(24-3)5-6-13(12)25-4)21-17(23)14-10(2)26-18-15(14)16(22)19-8-20-18/h5-9H,1-4H3,(H,21,23)(H,19,20,22). The molecule has 0 radical (unpaired) electrons. The highest BCUT2D eigenvalue weighted by Gasteiger charge is 2.24. The van der Waals surface area contributed by atoms with Gasteiger partial charge in [0.15, 0.2) is 0 Å². The van der Waals surface area contributed by atoms with Gasteiger partial charge in [-0.2, -0.15) is 0 Å². The molecule has 1 aromatic carbocycles. The molecule has 8 nitrogen and oxygen atoms in total. The van der Waals surface area contributed by atoms with Gasteiger partial charge in [0.2, 0.25) is 5.71 Å². The topological polar surface area (TPSA) is 106 Å². The van der Waals surface area contributed by atoms with Crippen LogP contribution < -0.4 is 20.3 Å². The molecule has 3 aromatic rings. The van der Waals surface area contributed by atoms with Crippen molar-refractivity contribution in [1.82, 2.24) is 15.3 Å². The smallest absolute Gasteiger partial charge is 0.262 e.